The minimum atomic E-state index is -0.613. The highest BCUT2D eigenvalue weighted by atomic mass is 16.6. The Kier molecular flexibility index (Phi) is 6.31. The van der Waals surface area contributed by atoms with Crippen LogP contribution in [0.5, 0.6) is 0 Å². The number of fused-ring (bicyclic) bond motifs is 3. The van der Waals surface area contributed by atoms with Crippen LogP contribution in [-0.4, -0.2) is 16.7 Å². The van der Waals surface area contributed by atoms with Gasteiger partial charge in [-0.05, 0) is 54.8 Å². The van der Waals surface area contributed by atoms with E-state index in [9.17, 15) is 4.79 Å². The molecule has 0 aliphatic carbocycles. The molecule has 4 aromatic rings. The average molecular weight is 479 g/mol. The maximum Gasteiger partial charge on any atom is 0.429 e. The second-order valence-electron chi connectivity index (χ2n) is 10.8. The van der Waals surface area contributed by atoms with Crippen LogP contribution in [-0.2, 0) is 11.3 Å². The fourth-order valence-electron chi connectivity index (χ4n) is 5.25. The lowest BCUT2D eigenvalue weighted by Gasteiger charge is -2.35. The topological polar surface area (TPSA) is 32.8 Å². The summed E-state index contributed by atoms with van der Waals surface area (Å²) in [6, 6.07) is 31.4. The third-order valence-corrected chi connectivity index (χ3v) is 6.62. The molecule has 0 aromatic heterocycles. The van der Waals surface area contributed by atoms with Gasteiger partial charge in [-0.3, -0.25) is 0 Å². The lowest BCUT2D eigenvalue weighted by molar-refractivity contribution is 0.0399. The zero-order chi connectivity index (χ0) is 25.4. The first-order chi connectivity index (χ1) is 17.2. The fourth-order valence-corrected chi connectivity index (χ4v) is 5.25. The summed E-state index contributed by atoms with van der Waals surface area (Å²) in [6.45, 7) is 10.8. The Morgan fingerprint density at radius 3 is 2.14 bits per heavy atom. The predicted molar refractivity (Wildman–Crippen MR) is 148 cm³/mol. The Labute approximate surface area is 214 Å². The van der Waals surface area contributed by atoms with Crippen molar-refractivity contribution in [1.29, 1.82) is 0 Å². The van der Waals surface area contributed by atoms with Crippen molar-refractivity contribution < 1.29 is 9.53 Å². The van der Waals surface area contributed by atoms with Crippen molar-refractivity contribution in [3.63, 3.8) is 0 Å². The smallest absolute Gasteiger partial charge is 0.429 e. The van der Waals surface area contributed by atoms with E-state index in [1.165, 1.54) is 5.56 Å². The van der Waals surface area contributed by atoms with Crippen LogP contribution in [0.25, 0.3) is 21.9 Å². The third-order valence-electron chi connectivity index (χ3n) is 6.62. The van der Waals surface area contributed by atoms with Gasteiger partial charge in [-0.2, -0.15) is 5.01 Å². The van der Waals surface area contributed by atoms with Crippen molar-refractivity contribution >= 4 is 22.6 Å². The number of benzene rings is 4. The van der Waals surface area contributed by atoms with Crippen molar-refractivity contribution in [2.45, 2.75) is 52.8 Å². The van der Waals surface area contributed by atoms with Gasteiger partial charge in [0.25, 0.3) is 0 Å². The molecular weight excluding hydrogens is 444 g/mol. The van der Waals surface area contributed by atoms with Gasteiger partial charge in [-0.15, -0.1) is 0 Å². The highest BCUT2D eigenvalue weighted by molar-refractivity contribution is 6.07. The van der Waals surface area contributed by atoms with E-state index in [1.807, 2.05) is 56.1 Å². The van der Waals surface area contributed by atoms with Crippen molar-refractivity contribution in [3.05, 3.63) is 102 Å². The molecule has 0 saturated heterocycles. The quantitative estimate of drug-likeness (QED) is 0.295. The second-order valence-corrected chi connectivity index (χ2v) is 10.8. The second kappa shape index (κ2) is 9.44. The van der Waals surface area contributed by atoms with Gasteiger partial charge in [0.05, 0.1) is 11.7 Å². The molecule has 0 bridgehead atoms. The molecule has 1 amide bonds. The molecular formula is C32H34N2O2. The molecule has 5 rings (SSSR count). The first-order valence-corrected chi connectivity index (χ1v) is 12.7. The Morgan fingerprint density at radius 2 is 1.50 bits per heavy atom. The average Bonchev–Trinajstić information content (AvgIpc) is 3.19. The number of anilines is 1. The zero-order valence-electron chi connectivity index (χ0n) is 21.7. The first-order valence-electron chi connectivity index (χ1n) is 12.7. The number of carbonyl (C=O) groups excluding carboxylic acids is 1. The van der Waals surface area contributed by atoms with Gasteiger partial charge in [0.2, 0.25) is 0 Å². The molecule has 4 nitrogen and oxygen atoms in total. The van der Waals surface area contributed by atoms with Crippen molar-refractivity contribution in [3.8, 4) is 11.1 Å². The van der Waals surface area contributed by atoms with Crippen LogP contribution in [0.15, 0.2) is 91.0 Å². The van der Waals surface area contributed by atoms with Gasteiger partial charge in [0, 0.05) is 17.5 Å². The monoisotopic (exact) mass is 478 g/mol. The lowest BCUT2D eigenvalue weighted by Crippen LogP contribution is -2.47. The molecule has 0 fully saturated rings. The maximum absolute atomic E-state index is 13.9. The third kappa shape index (κ3) is 4.49. The van der Waals surface area contributed by atoms with E-state index in [0.717, 1.165) is 33.2 Å². The number of ether oxygens (including phenoxy) is 1. The van der Waals surface area contributed by atoms with Crippen molar-refractivity contribution in [2.24, 2.45) is 5.92 Å². The molecule has 0 N–H and O–H groups in total. The van der Waals surface area contributed by atoms with Crippen molar-refractivity contribution in [1.82, 2.24) is 5.01 Å². The number of carbonyl (C=O) groups is 1. The summed E-state index contributed by atoms with van der Waals surface area (Å²) in [7, 11) is 0. The molecule has 0 saturated carbocycles. The Balaban J connectivity index is 1.81. The van der Waals surface area contributed by atoms with Crippen LogP contribution in [0.4, 0.5) is 10.5 Å². The number of rotatable bonds is 4. The van der Waals surface area contributed by atoms with E-state index >= 15 is 0 Å². The number of amides is 1. The molecule has 0 spiro atoms. The minimum Gasteiger partial charge on any atom is -0.442 e. The normalized spacial score (nSPS) is 15.9. The molecule has 0 radical (unpaired) electrons. The summed E-state index contributed by atoms with van der Waals surface area (Å²) < 4.78 is 6.01. The summed E-state index contributed by atoms with van der Waals surface area (Å²) in [5.74, 6) is 0.253. The summed E-state index contributed by atoms with van der Waals surface area (Å²) in [5, 5.41) is 6.18. The van der Waals surface area contributed by atoms with Gasteiger partial charge < -0.3 is 4.74 Å². The van der Waals surface area contributed by atoms with Gasteiger partial charge in [-0.25, -0.2) is 9.80 Å². The SMILES string of the molecule is CC(C)C1c2c(-c3ccccc3)cc3ccccc3c2N(C(=O)OC(C)(C)C)N1Cc1ccccc1. The molecule has 1 aliphatic heterocycles. The maximum atomic E-state index is 13.9. The highest BCUT2D eigenvalue weighted by Crippen LogP contribution is 2.52. The van der Waals surface area contributed by atoms with E-state index in [1.54, 1.807) is 0 Å². The van der Waals surface area contributed by atoms with E-state index in [0.29, 0.717) is 6.54 Å². The fraction of sp³-hybridized carbons (Fsp3) is 0.281. The predicted octanol–water partition coefficient (Wildman–Crippen LogP) is 8.38. The molecule has 4 aromatic carbocycles. The summed E-state index contributed by atoms with van der Waals surface area (Å²) in [5.41, 5.74) is 4.95. The molecule has 1 unspecified atom stereocenters. The van der Waals surface area contributed by atoms with Crippen LogP contribution in [0.1, 0.15) is 51.8 Å². The van der Waals surface area contributed by atoms with E-state index in [2.05, 4.69) is 79.5 Å². The molecule has 1 aliphatic rings. The lowest BCUT2D eigenvalue weighted by atomic mass is 9.86. The zero-order valence-corrected chi connectivity index (χ0v) is 21.7. The molecule has 184 valence electrons. The largest absolute Gasteiger partial charge is 0.442 e. The summed E-state index contributed by atoms with van der Waals surface area (Å²) >= 11 is 0. The Hall–Kier alpha value is -3.63. The first kappa shape index (κ1) is 24.1. The van der Waals surface area contributed by atoms with E-state index in [-0.39, 0.29) is 18.1 Å². The Morgan fingerprint density at radius 1 is 0.889 bits per heavy atom. The summed E-state index contributed by atoms with van der Waals surface area (Å²) in [6.07, 6.45) is -0.349. The van der Waals surface area contributed by atoms with Gasteiger partial charge in [-0.1, -0.05) is 98.8 Å². The molecule has 1 atom stereocenters. The van der Waals surface area contributed by atoms with Crippen molar-refractivity contribution in [2.75, 3.05) is 5.01 Å². The number of hydrogen-bond acceptors (Lipinski definition) is 3. The summed E-state index contributed by atoms with van der Waals surface area (Å²) in [4.78, 5) is 13.9. The van der Waals surface area contributed by atoms with Crippen LogP contribution in [0.3, 0.4) is 0 Å². The number of hydrogen-bond donors (Lipinski definition) is 0. The molecule has 36 heavy (non-hydrogen) atoms. The molecule has 1 heterocycles. The van der Waals surface area contributed by atoms with Crippen LogP contribution >= 0.6 is 0 Å². The standard InChI is InChI=1S/C32H34N2O2/c1-22(2)29-28-27(24-16-10-7-11-17-24)20-25-18-12-13-19-26(25)30(28)34(31(35)36-32(3,4)5)33(29)21-23-14-8-6-9-15-23/h6-20,22,29H,21H2,1-5H3. The van der Waals surface area contributed by atoms with Gasteiger partial charge in [0.15, 0.2) is 0 Å². The molecule has 4 heteroatoms. The number of hydrazine groups is 1. The van der Waals surface area contributed by atoms with Crippen LogP contribution < -0.4 is 5.01 Å². The number of nitrogens with zero attached hydrogens (tertiary/aromatic N) is 2. The van der Waals surface area contributed by atoms with E-state index in [4.69, 9.17) is 4.74 Å². The van der Waals surface area contributed by atoms with Gasteiger partial charge >= 0.3 is 6.09 Å². The highest BCUT2D eigenvalue weighted by Gasteiger charge is 2.45. The van der Waals surface area contributed by atoms with E-state index < -0.39 is 5.60 Å². The van der Waals surface area contributed by atoms with Crippen LogP contribution in [0.2, 0.25) is 0 Å². The minimum absolute atomic E-state index is 0.00691. The van der Waals surface area contributed by atoms with Crippen LogP contribution in [0, 0.1) is 5.92 Å². The van der Waals surface area contributed by atoms with Gasteiger partial charge in [0.1, 0.15) is 5.60 Å². The Bertz CT molecular complexity index is 1370.